The van der Waals surface area contributed by atoms with E-state index < -0.39 is 5.60 Å². The lowest BCUT2D eigenvalue weighted by Gasteiger charge is -2.33. The number of halogens is 1. The molecular formula is C19H25ClN2O2. The Morgan fingerprint density at radius 1 is 1.12 bits per heavy atom. The highest BCUT2D eigenvalue weighted by Crippen LogP contribution is 2.43. The summed E-state index contributed by atoms with van der Waals surface area (Å²) < 4.78 is 5.88. The Balaban J connectivity index is 0.00000208. The molecule has 5 heteroatoms. The van der Waals surface area contributed by atoms with Crippen molar-refractivity contribution in [3.63, 3.8) is 0 Å². The Kier molecular flexibility index (Phi) is 5.38. The minimum Gasteiger partial charge on any atom is -0.466 e. The molecular weight excluding hydrogens is 324 g/mol. The van der Waals surface area contributed by atoms with Crippen LogP contribution in [-0.2, 0) is 9.53 Å². The Bertz CT molecular complexity index is 683. The summed E-state index contributed by atoms with van der Waals surface area (Å²) in [5.74, 6) is -0.208. The zero-order valence-electron chi connectivity index (χ0n) is 14.5. The zero-order chi connectivity index (χ0) is 16.6. The van der Waals surface area contributed by atoms with Crippen molar-refractivity contribution >= 4 is 29.9 Å². The fourth-order valence-electron chi connectivity index (χ4n) is 3.78. The predicted molar refractivity (Wildman–Crippen MR) is 99.1 cm³/mol. The minimum atomic E-state index is -0.414. The van der Waals surface area contributed by atoms with Gasteiger partial charge in [-0.15, -0.1) is 12.4 Å². The van der Waals surface area contributed by atoms with Gasteiger partial charge >= 0.3 is 0 Å². The summed E-state index contributed by atoms with van der Waals surface area (Å²) in [5.41, 5.74) is 3.79. The molecule has 4 nitrogen and oxygen atoms in total. The summed E-state index contributed by atoms with van der Waals surface area (Å²) in [6, 6.07) is 5.93. The number of ether oxygens (including phenoxy) is 1. The summed E-state index contributed by atoms with van der Waals surface area (Å²) in [6.45, 7) is 5.90. The van der Waals surface area contributed by atoms with E-state index in [1.54, 1.807) is 0 Å². The van der Waals surface area contributed by atoms with Crippen LogP contribution >= 0.6 is 12.4 Å². The van der Waals surface area contributed by atoms with Gasteiger partial charge in [0.1, 0.15) is 11.2 Å². The number of rotatable bonds is 2. The van der Waals surface area contributed by atoms with Crippen LogP contribution < -0.4 is 5.32 Å². The second kappa shape index (κ2) is 6.98. The third kappa shape index (κ3) is 3.07. The first-order chi connectivity index (χ1) is 10.9. The number of benzene rings is 1. The van der Waals surface area contributed by atoms with Crippen LogP contribution in [0.4, 0.5) is 5.69 Å². The lowest BCUT2D eigenvalue weighted by Crippen LogP contribution is -2.33. The number of para-hydroxylation sites is 1. The third-order valence-corrected chi connectivity index (χ3v) is 5.19. The largest absolute Gasteiger partial charge is 0.466 e. The van der Waals surface area contributed by atoms with Crippen molar-refractivity contribution < 1.29 is 9.53 Å². The smallest absolute Gasteiger partial charge is 0.261 e. The first kappa shape index (κ1) is 18.5. The fourth-order valence-corrected chi connectivity index (χ4v) is 3.78. The average Bonchev–Trinajstić information content (AvgIpc) is 2.74. The molecule has 1 fully saturated rings. The Morgan fingerprint density at radius 2 is 1.71 bits per heavy atom. The maximum atomic E-state index is 12.8. The fraction of sp³-hybridized carbons (Fsp3) is 0.474. The maximum Gasteiger partial charge on any atom is 0.261 e. The summed E-state index contributed by atoms with van der Waals surface area (Å²) >= 11 is 0. The van der Waals surface area contributed by atoms with E-state index in [9.17, 15) is 4.79 Å². The van der Waals surface area contributed by atoms with Gasteiger partial charge in [-0.2, -0.15) is 0 Å². The van der Waals surface area contributed by atoms with Crippen LogP contribution in [0.3, 0.4) is 0 Å². The standard InChI is InChI=1S/C19H24N2O2.ClH/c1-12-8-7-9-13(2)16(12)21-18(22)15-14(3)19(23-17(15)20)10-5-4-6-11-19;/h7-9,20H,4-6,10-11H2,1-3H3,(H,21,22);1H. The molecule has 1 spiro atoms. The van der Waals surface area contributed by atoms with Gasteiger partial charge in [-0.05, 0) is 63.2 Å². The van der Waals surface area contributed by atoms with Crippen molar-refractivity contribution in [2.75, 3.05) is 5.32 Å². The molecule has 0 saturated heterocycles. The number of anilines is 1. The van der Waals surface area contributed by atoms with Crippen molar-refractivity contribution in [2.24, 2.45) is 0 Å². The van der Waals surface area contributed by atoms with Crippen molar-refractivity contribution in [1.82, 2.24) is 0 Å². The highest BCUT2D eigenvalue weighted by molar-refractivity contribution is 6.24. The van der Waals surface area contributed by atoms with E-state index in [-0.39, 0.29) is 24.2 Å². The molecule has 0 bridgehead atoms. The zero-order valence-corrected chi connectivity index (χ0v) is 15.3. The molecule has 1 amide bonds. The molecule has 0 radical (unpaired) electrons. The Labute approximate surface area is 149 Å². The van der Waals surface area contributed by atoms with Crippen molar-refractivity contribution in [1.29, 1.82) is 5.41 Å². The van der Waals surface area contributed by atoms with Gasteiger partial charge in [-0.25, -0.2) is 0 Å². The van der Waals surface area contributed by atoms with Crippen LogP contribution in [0.25, 0.3) is 0 Å². The number of carbonyl (C=O) groups excluding carboxylic acids is 1. The summed E-state index contributed by atoms with van der Waals surface area (Å²) in [7, 11) is 0. The second-order valence-corrected chi connectivity index (χ2v) is 6.71. The predicted octanol–water partition coefficient (Wildman–Crippen LogP) is 4.69. The van der Waals surface area contributed by atoms with E-state index in [0.29, 0.717) is 5.57 Å². The van der Waals surface area contributed by atoms with E-state index in [4.69, 9.17) is 10.1 Å². The summed E-state index contributed by atoms with van der Waals surface area (Å²) in [4.78, 5) is 12.8. The molecule has 2 aliphatic rings. The number of hydrogen-bond acceptors (Lipinski definition) is 3. The SMILES string of the molecule is CC1=C(C(=O)Nc2c(C)cccc2C)C(=N)OC12CCCCC2.Cl. The number of amides is 1. The topological polar surface area (TPSA) is 62.2 Å². The van der Waals surface area contributed by atoms with E-state index in [2.05, 4.69) is 5.32 Å². The highest BCUT2D eigenvalue weighted by atomic mass is 35.5. The van der Waals surface area contributed by atoms with Crippen LogP contribution in [0, 0.1) is 19.3 Å². The lowest BCUT2D eigenvalue weighted by molar-refractivity contribution is -0.112. The number of hydrogen-bond donors (Lipinski definition) is 2. The normalized spacial score (nSPS) is 19.0. The quantitative estimate of drug-likeness (QED) is 0.814. The van der Waals surface area contributed by atoms with E-state index in [1.807, 2.05) is 39.0 Å². The molecule has 1 saturated carbocycles. The van der Waals surface area contributed by atoms with E-state index in [1.165, 1.54) is 6.42 Å². The molecule has 130 valence electrons. The van der Waals surface area contributed by atoms with Crippen molar-refractivity contribution in [2.45, 2.75) is 58.5 Å². The van der Waals surface area contributed by atoms with Gasteiger partial charge in [-0.1, -0.05) is 24.6 Å². The average molecular weight is 349 g/mol. The number of nitrogens with one attached hydrogen (secondary N) is 2. The monoisotopic (exact) mass is 348 g/mol. The summed E-state index contributed by atoms with van der Waals surface area (Å²) in [5, 5.41) is 11.1. The van der Waals surface area contributed by atoms with E-state index in [0.717, 1.165) is 48.1 Å². The van der Waals surface area contributed by atoms with Crippen LogP contribution in [0.5, 0.6) is 0 Å². The summed E-state index contributed by atoms with van der Waals surface area (Å²) in [6.07, 6.45) is 5.20. The van der Waals surface area contributed by atoms with Crippen molar-refractivity contribution in [3.05, 3.63) is 40.5 Å². The molecule has 24 heavy (non-hydrogen) atoms. The van der Waals surface area contributed by atoms with Gasteiger partial charge in [-0.3, -0.25) is 10.2 Å². The lowest BCUT2D eigenvalue weighted by atomic mass is 9.79. The van der Waals surface area contributed by atoms with Gasteiger partial charge in [0, 0.05) is 5.69 Å². The van der Waals surface area contributed by atoms with Crippen LogP contribution in [0.2, 0.25) is 0 Å². The molecule has 1 aliphatic carbocycles. The molecule has 1 aromatic rings. The van der Waals surface area contributed by atoms with Crippen LogP contribution in [0.1, 0.15) is 50.2 Å². The molecule has 1 heterocycles. The first-order valence-electron chi connectivity index (χ1n) is 8.31. The second-order valence-electron chi connectivity index (χ2n) is 6.71. The molecule has 0 aromatic heterocycles. The molecule has 0 atom stereocenters. The molecule has 2 N–H and O–H groups in total. The first-order valence-corrected chi connectivity index (χ1v) is 8.31. The molecule has 0 unspecified atom stereocenters. The van der Waals surface area contributed by atoms with Crippen molar-refractivity contribution in [3.8, 4) is 0 Å². The van der Waals surface area contributed by atoms with Gasteiger partial charge in [0.05, 0.1) is 0 Å². The number of aryl methyl sites for hydroxylation is 2. The van der Waals surface area contributed by atoms with Crippen LogP contribution in [-0.4, -0.2) is 17.4 Å². The van der Waals surface area contributed by atoms with Crippen LogP contribution in [0.15, 0.2) is 29.3 Å². The minimum absolute atomic E-state index is 0. The van der Waals surface area contributed by atoms with E-state index >= 15 is 0 Å². The molecule has 3 rings (SSSR count). The Hall–Kier alpha value is -1.81. The highest BCUT2D eigenvalue weighted by Gasteiger charge is 2.46. The third-order valence-electron chi connectivity index (χ3n) is 5.19. The Morgan fingerprint density at radius 3 is 2.29 bits per heavy atom. The maximum absolute atomic E-state index is 12.8. The molecule has 1 aromatic carbocycles. The van der Waals surface area contributed by atoms with Gasteiger partial charge in [0.25, 0.3) is 5.91 Å². The van der Waals surface area contributed by atoms with Gasteiger partial charge in [0.15, 0.2) is 0 Å². The van der Waals surface area contributed by atoms with Gasteiger partial charge < -0.3 is 10.1 Å². The van der Waals surface area contributed by atoms with Gasteiger partial charge in [0.2, 0.25) is 5.90 Å². The number of carbonyl (C=O) groups is 1. The molecule has 1 aliphatic heterocycles.